The van der Waals surface area contributed by atoms with Crippen molar-refractivity contribution >= 4 is 5.97 Å². The third kappa shape index (κ3) is 2.45. The van der Waals surface area contributed by atoms with Crippen molar-refractivity contribution in [1.29, 1.82) is 0 Å². The Hall–Kier alpha value is -2.04. The molecule has 1 aliphatic rings. The van der Waals surface area contributed by atoms with Crippen LogP contribution in [-0.4, -0.2) is 24.3 Å². The smallest absolute Gasteiger partial charge is 0.338 e. The van der Waals surface area contributed by atoms with Gasteiger partial charge in [0.1, 0.15) is 11.9 Å². The van der Waals surface area contributed by atoms with E-state index in [9.17, 15) is 9.18 Å². The van der Waals surface area contributed by atoms with Crippen LogP contribution in [0.25, 0.3) is 0 Å². The Morgan fingerprint density at radius 1 is 1.44 bits per heavy atom. The molecule has 0 bridgehead atoms. The van der Waals surface area contributed by atoms with Crippen molar-refractivity contribution in [2.45, 2.75) is 18.9 Å². The summed E-state index contributed by atoms with van der Waals surface area (Å²) < 4.78 is 24.0. The first kappa shape index (κ1) is 12.4. The van der Waals surface area contributed by atoms with E-state index in [0.29, 0.717) is 0 Å². The van der Waals surface area contributed by atoms with E-state index in [4.69, 9.17) is 14.6 Å². The number of ether oxygens (including phenoxy) is 2. The Morgan fingerprint density at radius 2 is 2.22 bits per heavy atom. The lowest BCUT2D eigenvalue weighted by molar-refractivity contribution is 0.0691. The Labute approximate surface area is 104 Å². The third-order valence-corrected chi connectivity index (χ3v) is 2.73. The number of hydrogen-bond donors (Lipinski definition) is 1. The molecule has 0 saturated heterocycles. The number of rotatable bonds is 4. The predicted molar refractivity (Wildman–Crippen MR) is 62.7 cm³/mol. The summed E-state index contributed by atoms with van der Waals surface area (Å²) in [7, 11) is 1.38. The number of methoxy groups -OCH3 is 1. The Balaban J connectivity index is 2.33. The maximum Gasteiger partial charge on any atom is 0.338 e. The van der Waals surface area contributed by atoms with Crippen molar-refractivity contribution in [3.63, 3.8) is 0 Å². The van der Waals surface area contributed by atoms with Crippen LogP contribution in [0.2, 0.25) is 0 Å². The van der Waals surface area contributed by atoms with Gasteiger partial charge in [-0.05, 0) is 18.9 Å². The van der Waals surface area contributed by atoms with Crippen molar-refractivity contribution in [3.8, 4) is 11.5 Å². The Morgan fingerprint density at radius 3 is 2.78 bits per heavy atom. The highest BCUT2D eigenvalue weighted by Gasteiger charge is 2.19. The van der Waals surface area contributed by atoms with Gasteiger partial charge in [0, 0.05) is 12.1 Å². The van der Waals surface area contributed by atoms with Crippen molar-refractivity contribution in [2.24, 2.45) is 0 Å². The highest BCUT2D eigenvalue weighted by Crippen LogP contribution is 2.32. The number of carboxylic acid groups (broad SMARTS) is 1. The van der Waals surface area contributed by atoms with Crippen LogP contribution < -0.4 is 9.47 Å². The molecule has 1 aromatic carbocycles. The fourth-order valence-electron chi connectivity index (χ4n) is 1.82. The Kier molecular flexibility index (Phi) is 3.50. The highest BCUT2D eigenvalue weighted by molar-refractivity contribution is 5.88. The van der Waals surface area contributed by atoms with E-state index in [1.54, 1.807) is 0 Å². The summed E-state index contributed by atoms with van der Waals surface area (Å²) in [5, 5.41) is 8.86. The summed E-state index contributed by atoms with van der Waals surface area (Å²) in [6.07, 6.45) is 5.50. The van der Waals surface area contributed by atoms with Gasteiger partial charge in [0.05, 0.1) is 12.7 Å². The maximum absolute atomic E-state index is 13.5. The van der Waals surface area contributed by atoms with Crippen molar-refractivity contribution in [2.75, 3.05) is 7.11 Å². The molecule has 0 amide bonds. The quantitative estimate of drug-likeness (QED) is 0.837. The number of carboxylic acids is 1. The summed E-state index contributed by atoms with van der Waals surface area (Å²) in [4.78, 5) is 10.9. The zero-order valence-electron chi connectivity index (χ0n) is 9.85. The van der Waals surface area contributed by atoms with Gasteiger partial charge in [-0.15, -0.1) is 0 Å². The summed E-state index contributed by atoms with van der Waals surface area (Å²) >= 11 is 0. The highest BCUT2D eigenvalue weighted by atomic mass is 19.1. The number of carbonyl (C=O) groups is 1. The molecule has 4 nitrogen and oxygen atoms in total. The van der Waals surface area contributed by atoms with E-state index >= 15 is 0 Å². The van der Waals surface area contributed by atoms with E-state index in [-0.39, 0.29) is 17.6 Å². The summed E-state index contributed by atoms with van der Waals surface area (Å²) in [5.41, 5.74) is -0.423. The summed E-state index contributed by atoms with van der Waals surface area (Å²) in [5.74, 6) is -1.73. The number of hydrogen-bond acceptors (Lipinski definition) is 3. The van der Waals surface area contributed by atoms with E-state index in [1.165, 1.54) is 7.11 Å². The fraction of sp³-hybridized carbons (Fsp3) is 0.308. The van der Waals surface area contributed by atoms with Crippen molar-refractivity contribution < 1.29 is 23.8 Å². The van der Waals surface area contributed by atoms with Gasteiger partial charge in [-0.25, -0.2) is 9.18 Å². The van der Waals surface area contributed by atoms with Crippen LogP contribution in [0.5, 0.6) is 11.5 Å². The minimum atomic E-state index is -1.33. The maximum atomic E-state index is 13.5. The number of allylic oxidation sites excluding steroid dienone is 1. The predicted octanol–water partition coefficient (Wildman–Crippen LogP) is 2.63. The molecule has 96 valence electrons. The Bertz CT molecular complexity index is 496. The zero-order chi connectivity index (χ0) is 13.1. The third-order valence-electron chi connectivity index (χ3n) is 2.73. The monoisotopic (exact) mass is 252 g/mol. The fourth-order valence-corrected chi connectivity index (χ4v) is 1.82. The first-order valence-electron chi connectivity index (χ1n) is 5.56. The molecule has 0 aromatic heterocycles. The first-order valence-corrected chi connectivity index (χ1v) is 5.56. The standard InChI is InChI=1S/C13H13FO4/c1-17-11-7-10(14)9(13(15)16)6-12(11)18-8-4-2-3-5-8/h2,4,6-8H,3,5H2,1H3,(H,15,16). The van der Waals surface area contributed by atoms with E-state index in [1.807, 2.05) is 12.2 Å². The van der Waals surface area contributed by atoms with Crippen LogP contribution in [-0.2, 0) is 0 Å². The molecule has 1 unspecified atom stereocenters. The number of benzene rings is 1. The second-order valence-electron chi connectivity index (χ2n) is 3.95. The van der Waals surface area contributed by atoms with E-state index in [2.05, 4.69) is 0 Å². The van der Waals surface area contributed by atoms with Crippen LogP contribution in [0.1, 0.15) is 23.2 Å². The van der Waals surface area contributed by atoms with Crippen LogP contribution in [0, 0.1) is 5.82 Å². The van der Waals surface area contributed by atoms with Crippen molar-refractivity contribution in [1.82, 2.24) is 0 Å². The minimum absolute atomic E-state index is 0.119. The van der Waals surface area contributed by atoms with E-state index < -0.39 is 17.3 Å². The molecule has 1 aliphatic carbocycles. The first-order chi connectivity index (χ1) is 8.61. The van der Waals surface area contributed by atoms with Gasteiger partial charge in [-0.2, -0.15) is 0 Å². The second kappa shape index (κ2) is 5.08. The lowest BCUT2D eigenvalue weighted by Gasteiger charge is -2.15. The molecular weight excluding hydrogens is 239 g/mol. The molecule has 1 aromatic rings. The van der Waals surface area contributed by atoms with Crippen LogP contribution in [0.4, 0.5) is 4.39 Å². The summed E-state index contributed by atoms with van der Waals surface area (Å²) in [6.45, 7) is 0. The molecule has 1 atom stereocenters. The number of halogens is 1. The number of aromatic carboxylic acids is 1. The molecule has 2 rings (SSSR count). The minimum Gasteiger partial charge on any atom is -0.493 e. The normalized spacial score (nSPS) is 17.8. The van der Waals surface area contributed by atoms with Crippen LogP contribution >= 0.6 is 0 Å². The van der Waals surface area contributed by atoms with E-state index in [0.717, 1.165) is 25.0 Å². The molecule has 0 heterocycles. The van der Waals surface area contributed by atoms with Gasteiger partial charge < -0.3 is 14.6 Å². The molecule has 0 fully saturated rings. The zero-order valence-corrected chi connectivity index (χ0v) is 9.85. The molecule has 0 saturated carbocycles. The molecule has 5 heteroatoms. The molecule has 1 N–H and O–H groups in total. The SMILES string of the molecule is COc1cc(F)c(C(=O)O)cc1OC1C=CCC1. The largest absolute Gasteiger partial charge is 0.493 e. The average Bonchev–Trinajstić information content (AvgIpc) is 2.83. The molecule has 0 radical (unpaired) electrons. The van der Waals surface area contributed by atoms with Gasteiger partial charge in [0.2, 0.25) is 0 Å². The molecular formula is C13H13FO4. The molecule has 0 aliphatic heterocycles. The van der Waals surface area contributed by atoms with Gasteiger partial charge in [0.25, 0.3) is 0 Å². The average molecular weight is 252 g/mol. The van der Waals surface area contributed by atoms with Gasteiger partial charge in [-0.3, -0.25) is 0 Å². The molecule has 18 heavy (non-hydrogen) atoms. The topological polar surface area (TPSA) is 55.8 Å². The van der Waals surface area contributed by atoms with Gasteiger partial charge >= 0.3 is 5.97 Å². The van der Waals surface area contributed by atoms with Crippen LogP contribution in [0.3, 0.4) is 0 Å². The van der Waals surface area contributed by atoms with Gasteiger partial charge in [-0.1, -0.05) is 6.08 Å². The van der Waals surface area contributed by atoms with Gasteiger partial charge in [0.15, 0.2) is 11.5 Å². The lowest BCUT2D eigenvalue weighted by Crippen LogP contribution is -2.12. The molecule has 0 spiro atoms. The second-order valence-corrected chi connectivity index (χ2v) is 3.95. The lowest BCUT2D eigenvalue weighted by atomic mass is 10.2. The van der Waals surface area contributed by atoms with Crippen molar-refractivity contribution in [3.05, 3.63) is 35.7 Å². The summed E-state index contributed by atoms with van der Waals surface area (Å²) in [6, 6.07) is 2.18. The van der Waals surface area contributed by atoms with Crippen LogP contribution in [0.15, 0.2) is 24.3 Å².